The number of methoxy groups -OCH3 is 1. The molecule has 0 aliphatic carbocycles. The Morgan fingerprint density at radius 1 is 1.31 bits per heavy atom. The molecule has 0 radical (unpaired) electrons. The number of nitrogens with zero attached hydrogens (tertiary/aromatic N) is 1. The highest BCUT2D eigenvalue weighted by Crippen LogP contribution is 2.10. The number of rotatable bonds is 4. The van der Waals surface area contributed by atoms with E-state index in [2.05, 4.69) is 30.0 Å². The van der Waals surface area contributed by atoms with Gasteiger partial charge in [0, 0.05) is 23.6 Å². The first-order chi connectivity index (χ1) is 6.08. The molecule has 13 heavy (non-hydrogen) atoms. The lowest BCUT2D eigenvalue weighted by Gasteiger charge is -2.31. The van der Waals surface area contributed by atoms with Crippen LogP contribution < -0.4 is 0 Å². The molecule has 0 bridgehead atoms. The molecule has 0 heterocycles. The van der Waals surface area contributed by atoms with Crippen molar-refractivity contribution in [2.24, 2.45) is 0 Å². The molecule has 0 aliphatic rings. The minimum Gasteiger partial charge on any atom is -0.453 e. The third-order valence-corrected chi connectivity index (χ3v) is 2.92. The summed E-state index contributed by atoms with van der Waals surface area (Å²) in [7, 11) is 1.38. The van der Waals surface area contributed by atoms with Gasteiger partial charge in [-0.3, -0.25) is 0 Å². The maximum Gasteiger partial charge on any atom is 0.410 e. The lowest BCUT2D eigenvalue weighted by Crippen LogP contribution is -2.46. The van der Waals surface area contributed by atoms with E-state index < -0.39 is 0 Å². The van der Waals surface area contributed by atoms with Crippen LogP contribution in [0.15, 0.2) is 0 Å². The quantitative estimate of drug-likeness (QED) is 0.710. The molecule has 0 N–H and O–H groups in total. The predicted molar refractivity (Wildman–Crippen MR) is 60.9 cm³/mol. The number of carbonyl (C=O) groups excluding carboxylic acids is 1. The average Bonchev–Trinajstić information content (AvgIpc) is 2.16. The molecule has 0 aliphatic heterocycles. The Hall–Kier alpha value is -0.0300. The van der Waals surface area contributed by atoms with Crippen LogP contribution in [0.1, 0.15) is 13.8 Å². The van der Waals surface area contributed by atoms with Gasteiger partial charge in [0.05, 0.1) is 7.11 Å². The average molecular weight is 223 g/mol. The van der Waals surface area contributed by atoms with Crippen LogP contribution in [0.5, 0.6) is 0 Å². The molecule has 0 rings (SSSR count). The van der Waals surface area contributed by atoms with Gasteiger partial charge in [0.1, 0.15) is 0 Å². The SMILES string of the molecule is COC(=O)N(C(C)CS)C(C)CS. The summed E-state index contributed by atoms with van der Waals surface area (Å²) >= 11 is 8.29. The van der Waals surface area contributed by atoms with Crippen molar-refractivity contribution in [2.45, 2.75) is 25.9 Å². The van der Waals surface area contributed by atoms with E-state index in [1.165, 1.54) is 7.11 Å². The molecule has 0 aromatic carbocycles. The predicted octanol–water partition coefficient (Wildman–Crippen LogP) is 1.69. The summed E-state index contributed by atoms with van der Waals surface area (Å²) in [4.78, 5) is 13.0. The number of hydrogen-bond donors (Lipinski definition) is 2. The van der Waals surface area contributed by atoms with Crippen molar-refractivity contribution in [2.75, 3.05) is 18.6 Å². The first-order valence-corrected chi connectivity index (χ1v) is 5.43. The summed E-state index contributed by atoms with van der Waals surface area (Å²) in [6.07, 6.45) is -0.317. The van der Waals surface area contributed by atoms with Gasteiger partial charge in [0.25, 0.3) is 0 Å². The number of ether oxygens (including phenoxy) is 1. The van der Waals surface area contributed by atoms with E-state index in [0.717, 1.165) is 0 Å². The van der Waals surface area contributed by atoms with Crippen molar-refractivity contribution in [3.05, 3.63) is 0 Å². The van der Waals surface area contributed by atoms with Gasteiger partial charge in [0.2, 0.25) is 0 Å². The fourth-order valence-corrected chi connectivity index (χ4v) is 1.43. The minimum absolute atomic E-state index is 0.0675. The monoisotopic (exact) mass is 223 g/mol. The van der Waals surface area contributed by atoms with Crippen molar-refractivity contribution >= 4 is 31.4 Å². The first kappa shape index (κ1) is 13.0. The molecular weight excluding hydrogens is 206 g/mol. The van der Waals surface area contributed by atoms with E-state index >= 15 is 0 Å². The van der Waals surface area contributed by atoms with Crippen molar-refractivity contribution < 1.29 is 9.53 Å². The van der Waals surface area contributed by atoms with Crippen LogP contribution in [0.2, 0.25) is 0 Å². The maximum absolute atomic E-state index is 11.3. The van der Waals surface area contributed by atoms with Crippen molar-refractivity contribution in [3.8, 4) is 0 Å². The Bertz CT molecular complexity index is 156. The molecule has 78 valence electrons. The number of hydrogen-bond acceptors (Lipinski definition) is 4. The summed E-state index contributed by atoms with van der Waals surface area (Å²) < 4.78 is 4.68. The third-order valence-electron chi connectivity index (χ3n) is 1.86. The Morgan fingerprint density at radius 3 is 1.92 bits per heavy atom. The normalized spacial score (nSPS) is 14.8. The van der Waals surface area contributed by atoms with Crippen molar-refractivity contribution in [3.63, 3.8) is 0 Å². The Kier molecular flexibility index (Phi) is 6.41. The molecule has 0 aromatic heterocycles. The van der Waals surface area contributed by atoms with Gasteiger partial charge < -0.3 is 9.64 Å². The molecule has 2 atom stereocenters. The summed E-state index contributed by atoms with van der Waals surface area (Å²) in [5.74, 6) is 1.24. The first-order valence-electron chi connectivity index (χ1n) is 4.16. The fraction of sp³-hybridized carbons (Fsp3) is 0.875. The summed E-state index contributed by atoms with van der Waals surface area (Å²) in [5.41, 5.74) is 0. The van der Waals surface area contributed by atoms with Crippen molar-refractivity contribution in [1.29, 1.82) is 0 Å². The molecule has 1 amide bonds. The summed E-state index contributed by atoms with van der Waals surface area (Å²) in [6, 6.07) is 0.135. The minimum atomic E-state index is -0.317. The molecule has 3 nitrogen and oxygen atoms in total. The molecule has 0 aromatic rings. The zero-order valence-electron chi connectivity index (χ0n) is 8.23. The zero-order valence-corrected chi connectivity index (χ0v) is 10.0. The Labute approximate surface area is 90.6 Å². The van der Waals surface area contributed by atoms with Crippen molar-refractivity contribution in [1.82, 2.24) is 4.90 Å². The smallest absolute Gasteiger partial charge is 0.410 e. The maximum atomic E-state index is 11.3. The molecule has 0 saturated heterocycles. The second-order valence-corrected chi connectivity index (χ2v) is 3.67. The van der Waals surface area contributed by atoms with E-state index in [-0.39, 0.29) is 18.2 Å². The largest absolute Gasteiger partial charge is 0.453 e. The Balaban J connectivity index is 4.44. The van der Waals surface area contributed by atoms with Gasteiger partial charge in [0.15, 0.2) is 0 Å². The van der Waals surface area contributed by atoms with Crippen LogP contribution in [-0.4, -0.2) is 41.7 Å². The lowest BCUT2D eigenvalue weighted by molar-refractivity contribution is 0.0991. The van der Waals surface area contributed by atoms with Gasteiger partial charge in [-0.05, 0) is 13.8 Å². The number of amides is 1. The van der Waals surface area contributed by atoms with Crippen LogP contribution in [-0.2, 0) is 4.74 Å². The third kappa shape index (κ3) is 3.68. The summed E-state index contributed by atoms with van der Waals surface area (Å²) in [5, 5.41) is 0. The fourth-order valence-electron chi connectivity index (χ4n) is 1.08. The van der Waals surface area contributed by atoms with E-state index in [1.54, 1.807) is 4.90 Å². The van der Waals surface area contributed by atoms with E-state index in [0.29, 0.717) is 11.5 Å². The topological polar surface area (TPSA) is 29.5 Å². The summed E-state index contributed by atoms with van der Waals surface area (Å²) in [6.45, 7) is 3.87. The molecule has 0 fully saturated rings. The molecular formula is C8H17NO2S2. The highest BCUT2D eigenvalue weighted by Gasteiger charge is 2.24. The van der Waals surface area contributed by atoms with Gasteiger partial charge in [-0.2, -0.15) is 25.3 Å². The molecule has 0 spiro atoms. The van der Waals surface area contributed by atoms with E-state index in [1.807, 2.05) is 13.8 Å². The standard InChI is InChI=1S/C8H17NO2S2/c1-6(4-12)9(7(2)5-13)8(10)11-3/h6-7,12-13H,4-5H2,1-3H3. The number of carbonyl (C=O) groups is 1. The lowest BCUT2D eigenvalue weighted by atomic mass is 10.2. The zero-order chi connectivity index (χ0) is 10.4. The second kappa shape index (κ2) is 6.43. The van der Waals surface area contributed by atoms with Gasteiger partial charge >= 0.3 is 6.09 Å². The molecule has 5 heteroatoms. The van der Waals surface area contributed by atoms with Crippen LogP contribution in [0, 0.1) is 0 Å². The van der Waals surface area contributed by atoms with Crippen LogP contribution in [0.25, 0.3) is 0 Å². The number of thiol groups is 2. The van der Waals surface area contributed by atoms with Gasteiger partial charge in [-0.1, -0.05) is 0 Å². The van der Waals surface area contributed by atoms with Crippen LogP contribution in [0.4, 0.5) is 4.79 Å². The molecule has 0 saturated carbocycles. The van der Waals surface area contributed by atoms with Crippen LogP contribution >= 0.6 is 25.3 Å². The van der Waals surface area contributed by atoms with E-state index in [9.17, 15) is 4.79 Å². The van der Waals surface area contributed by atoms with Gasteiger partial charge in [-0.25, -0.2) is 4.79 Å². The molecule has 2 unspecified atom stereocenters. The highest BCUT2D eigenvalue weighted by molar-refractivity contribution is 7.80. The van der Waals surface area contributed by atoms with Gasteiger partial charge in [-0.15, -0.1) is 0 Å². The Morgan fingerprint density at radius 2 is 1.69 bits per heavy atom. The van der Waals surface area contributed by atoms with Crippen LogP contribution in [0.3, 0.4) is 0 Å². The highest BCUT2D eigenvalue weighted by atomic mass is 32.1. The second-order valence-electron chi connectivity index (χ2n) is 2.94. The van der Waals surface area contributed by atoms with E-state index in [4.69, 9.17) is 0 Å².